The number of hydrogen-bond acceptors (Lipinski definition) is 0. The molecule has 0 amide bonds. The molecular formula is C13H22. The van der Waals surface area contributed by atoms with Crippen molar-refractivity contribution in [1.82, 2.24) is 0 Å². The van der Waals surface area contributed by atoms with E-state index >= 15 is 0 Å². The monoisotopic (exact) mass is 178 g/mol. The lowest BCUT2D eigenvalue weighted by molar-refractivity contribution is 0.791. The zero-order chi connectivity index (χ0) is 10.1. The number of rotatable bonds is 3. The second-order valence-corrected chi connectivity index (χ2v) is 3.03. The van der Waals surface area contributed by atoms with E-state index in [2.05, 4.69) is 38.1 Å². The van der Waals surface area contributed by atoms with Crippen molar-refractivity contribution in [3.8, 4) is 0 Å². The molecule has 0 heteroatoms. The van der Waals surface area contributed by atoms with Gasteiger partial charge in [-0.1, -0.05) is 51.5 Å². The lowest BCUT2D eigenvalue weighted by atomic mass is 10.0. The van der Waals surface area contributed by atoms with Gasteiger partial charge < -0.3 is 0 Å². The van der Waals surface area contributed by atoms with Gasteiger partial charge in [0.05, 0.1) is 0 Å². The van der Waals surface area contributed by atoms with Crippen LogP contribution in [-0.2, 0) is 6.42 Å². The molecule has 1 aromatic rings. The number of benzene rings is 1. The van der Waals surface area contributed by atoms with E-state index < -0.39 is 0 Å². The van der Waals surface area contributed by atoms with Crippen LogP contribution in [0.1, 0.15) is 44.7 Å². The summed E-state index contributed by atoms with van der Waals surface area (Å²) in [7, 11) is 0. The van der Waals surface area contributed by atoms with Crippen molar-refractivity contribution in [3.63, 3.8) is 0 Å². The molecule has 0 saturated heterocycles. The molecule has 0 fully saturated rings. The second-order valence-electron chi connectivity index (χ2n) is 3.03. The van der Waals surface area contributed by atoms with Crippen LogP contribution in [0.2, 0.25) is 0 Å². The molecular weight excluding hydrogens is 156 g/mol. The Hall–Kier alpha value is -0.780. The molecule has 74 valence electrons. The third-order valence-corrected chi connectivity index (χ3v) is 2.06. The van der Waals surface area contributed by atoms with Gasteiger partial charge in [0, 0.05) is 0 Å². The van der Waals surface area contributed by atoms with Crippen LogP contribution >= 0.6 is 0 Å². The molecule has 0 aliphatic rings. The Morgan fingerprint density at radius 1 is 1.08 bits per heavy atom. The lowest BCUT2D eigenvalue weighted by Gasteiger charge is -2.02. The van der Waals surface area contributed by atoms with Crippen molar-refractivity contribution in [1.29, 1.82) is 0 Å². The maximum absolute atomic E-state index is 2.23. The van der Waals surface area contributed by atoms with Crippen LogP contribution in [0.25, 0.3) is 0 Å². The predicted octanol–water partition coefficient (Wildman–Crippen LogP) is 4.36. The first-order valence-electron chi connectivity index (χ1n) is 5.39. The van der Waals surface area contributed by atoms with Crippen molar-refractivity contribution in [2.75, 3.05) is 0 Å². The van der Waals surface area contributed by atoms with E-state index in [0.29, 0.717) is 0 Å². The molecule has 0 nitrogen and oxygen atoms in total. The van der Waals surface area contributed by atoms with Crippen LogP contribution in [0.15, 0.2) is 24.3 Å². The van der Waals surface area contributed by atoms with Gasteiger partial charge in [-0.2, -0.15) is 0 Å². The van der Waals surface area contributed by atoms with Gasteiger partial charge in [0.15, 0.2) is 0 Å². The molecule has 0 spiro atoms. The molecule has 0 atom stereocenters. The number of aryl methyl sites for hydroxylation is 2. The predicted molar refractivity (Wildman–Crippen MR) is 61.1 cm³/mol. The van der Waals surface area contributed by atoms with Crippen LogP contribution in [0, 0.1) is 6.92 Å². The normalized spacial score (nSPS) is 8.92. The lowest BCUT2D eigenvalue weighted by Crippen LogP contribution is -1.87. The minimum Gasteiger partial charge on any atom is -0.0683 e. The van der Waals surface area contributed by atoms with Gasteiger partial charge in [0.25, 0.3) is 0 Å². The summed E-state index contributed by atoms with van der Waals surface area (Å²) < 4.78 is 0. The first-order valence-corrected chi connectivity index (χ1v) is 5.39. The SMILES string of the molecule is CC.CCCCc1ccccc1C. The number of hydrogen-bond donors (Lipinski definition) is 0. The summed E-state index contributed by atoms with van der Waals surface area (Å²) in [5.74, 6) is 0. The van der Waals surface area contributed by atoms with E-state index in [-0.39, 0.29) is 0 Å². The molecule has 0 aliphatic heterocycles. The Balaban J connectivity index is 0.000000671. The molecule has 0 aliphatic carbocycles. The average Bonchev–Trinajstić information content (AvgIpc) is 2.20. The third-order valence-electron chi connectivity index (χ3n) is 2.06. The minimum absolute atomic E-state index is 1.24. The van der Waals surface area contributed by atoms with Gasteiger partial charge in [-0.25, -0.2) is 0 Å². The smallest absolute Gasteiger partial charge is 0.0276 e. The molecule has 13 heavy (non-hydrogen) atoms. The largest absolute Gasteiger partial charge is 0.0683 e. The summed E-state index contributed by atoms with van der Waals surface area (Å²) in [6.45, 7) is 8.42. The fraction of sp³-hybridized carbons (Fsp3) is 0.538. The maximum atomic E-state index is 2.23. The van der Waals surface area contributed by atoms with Crippen LogP contribution in [0.4, 0.5) is 0 Å². The minimum atomic E-state index is 1.24. The molecule has 1 rings (SSSR count). The van der Waals surface area contributed by atoms with Crippen molar-refractivity contribution in [2.45, 2.75) is 47.0 Å². The quantitative estimate of drug-likeness (QED) is 0.645. The Morgan fingerprint density at radius 3 is 2.23 bits per heavy atom. The van der Waals surface area contributed by atoms with E-state index in [4.69, 9.17) is 0 Å². The summed E-state index contributed by atoms with van der Waals surface area (Å²) in [4.78, 5) is 0. The van der Waals surface area contributed by atoms with E-state index in [9.17, 15) is 0 Å². The van der Waals surface area contributed by atoms with Gasteiger partial charge >= 0.3 is 0 Å². The van der Waals surface area contributed by atoms with Crippen LogP contribution in [-0.4, -0.2) is 0 Å². The fourth-order valence-electron chi connectivity index (χ4n) is 1.26. The Kier molecular flexibility index (Phi) is 7.38. The van der Waals surface area contributed by atoms with Crippen molar-refractivity contribution in [2.24, 2.45) is 0 Å². The van der Waals surface area contributed by atoms with Crippen LogP contribution in [0.5, 0.6) is 0 Å². The molecule has 0 saturated carbocycles. The number of unbranched alkanes of at least 4 members (excludes halogenated alkanes) is 1. The van der Waals surface area contributed by atoms with Gasteiger partial charge in [0.1, 0.15) is 0 Å². The summed E-state index contributed by atoms with van der Waals surface area (Å²) >= 11 is 0. The molecule has 0 bridgehead atoms. The Morgan fingerprint density at radius 2 is 1.69 bits per heavy atom. The first kappa shape index (κ1) is 12.2. The van der Waals surface area contributed by atoms with Crippen molar-refractivity contribution >= 4 is 0 Å². The molecule has 0 aromatic heterocycles. The highest BCUT2D eigenvalue weighted by molar-refractivity contribution is 5.25. The van der Waals surface area contributed by atoms with Crippen LogP contribution < -0.4 is 0 Å². The Bertz CT molecular complexity index is 213. The van der Waals surface area contributed by atoms with Gasteiger partial charge in [0.2, 0.25) is 0 Å². The zero-order valence-corrected chi connectivity index (χ0v) is 9.43. The van der Waals surface area contributed by atoms with Gasteiger partial charge in [-0.3, -0.25) is 0 Å². The summed E-state index contributed by atoms with van der Waals surface area (Å²) in [5, 5.41) is 0. The molecule has 0 radical (unpaired) electrons. The van der Waals surface area contributed by atoms with E-state index in [1.54, 1.807) is 0 Å². The average molecular weight is 178 g/mol. The molecule has 0 N–H and O–H groups in total. The zero-order valence-electron chi connectivity index (χ0n) is 9.43. The fourth-order valence-corrected chi connectivity index (χ4v) is 1.26. The molecule has 0 heterocycles. The topological polar surface area (TPSA) is 0 Å². The van der Waals surface area contributed by atoms with E-state index in [1.165, 1.54) is 30.4 Å². The Labute approximate surface area is 83.0 Å². The van der Waals surface area contributed by atoms with E-state index in [1.807, 2.05) is 13.8 Å². The first-order chi connectivity index (χ1) is 6.34. The summed E-state index contributed by atoms with van der Waals surface area (Å²) in [6, 6.07) is 8.64. The highest BCUT2D eigenvalue weighted by atomic mass is 14.0. The highest BCUT2D eigenvalue weighted by Crippen LogP contribution is 2.09. The van der Waals surface area contributed by atoms with Crippen molar-refractivity contribution in [3.05, 3.63) is 35.4 Å². The van der Waals surface area contributed by atoms with Gasteiger partial charge in [-0.15, -0.1) is 0 Å². The van der Waals surface area contributed by atoms with Crippen LogP contribution in [0.3, 0.4) is 0 Å². The summed E-state index contributed by atoms with van der Waals surface area (Å²) in [5.41, 5.74) is 2.94. The molecule has 0 unspecified atom stereocenters. The molecule has 1 aromatic carbocycles. The highest BCUT2D eigenvalue weighted by Gasteiger charge is 1.94. The van der Waals surface area contributed by atoms with E-state index in [0.717, 1.165) is 0 Å². The third kappa shape index (κ3) is 4.72. The van der Waals surface area contributed by atoms with Crippen molar-refractivity contribution < 1.29 is 0 Å². The summed E-state index contributed by atoms with van der Waals surface area (Å²) in [6.07, 6.45) is 3.84. The van der Waals surface area contributed by atoms with Gasteiger partial charge in [-0.05, 0) is 30.9 Å². The maximum Gasteiger partial charge on any atom is -0.0276 e. The second kappa shape index (κ2) is 7.85. The standard InChI is InChI=1S/C11H16.C2H6/c1-3-4-8-11-9-6-5-7-10(11)2;1-2/h5-7,9H,3-4,8H2,1-2H3;1-2H3.